The van der Waals surface area contributed by atoms with Gasteiger partial charge in [0, 0.05) is 19.2 Å². The van der Waals surface area contributed by atoms with Crippen LogP contribution in [0, 0.1) is 0 Å². The molecule has 2 rings (SSSR count). The molecule has 0 aromatic heterocycles. The van der Waals surface area contributed by atoms with Crippen LogP contribution in [0.3, 0.4) is 0 Å². The molecule has 1 aromatic rings. The summed E-state index contributed by atoms with van der Waals surface area (Å²) in [6.07, 6.45) is 2.50. The zero-order valence-electron chi connectivity index (χ0n) is 9.97. The second-order valence-corrected chi connectivity index (χ2v) is 4.30. The maximum atomic E-state index is 8.79. The van der Waals surface area contributed by atoms with Gasteiger partial charge in [0.2, 0.25) is 0 Å². The van der Waals surface area contributed by atoms with Gasteiger partial charge in [-0.2, -0.15) is 4.79 Å². The summed E-state index contributed by atoms with van der Waals surface area (Å²) in [6.45, 7) is 0. The van der Waals surface area contributed by atoms with Gasteiger partial charge in [-0.3, -0.25) is 0 Å². The molecule has 0 amide bonds. The molecule has 1 aliphatic carbocycles. The van der Waals surface area contributed by atoms with Crippen LogP contribution >= 0.6 is 0 Å². The van der Waals surface area contributed by atoms with E-state index in [4.69, 9.17) is 10.3 Å². The Kier molecular flexibility index (Phi) is 3.91. The summed E-state index contributed by atoms with van der Waals surface area (Å²) in [5.41, 5.74) is 10.7. The minimum Gasteiger partial charge on any atom is -0.380 e. The van der Waals surface area contributed by atoms with Crippen molar-refractivity contribution in [1.82, 2.24) is 0 Å². The highest BCUT2D eigenvalue weighted by molar-refractivity contribution is 5.80. The summed E-state index contributed by atoms with van der Waals surface area (Å²) in [5.74, 6) is 0. The highest BCUT2D eigenvalue weighted by atomic mass is 16.5. The van der Waals surface area contributed by atoms with Crippen LogP contribution in [0.4, 0.5) is 5.69 Å². The van der Waals surface area contributed by atoms with Crippen LogP contribution in [0.25, 0.3) is 5.53 Å². The van der Waals surface area contributed by atoms with Crippen molar-refractivity contribution in [3.05, 3.63) is 35.9 Å². The molecule has 2 unspecified atom stereocenters. The van der Waals surface area contributed by atoms with Gasteiger partial charge in [-0.25, -0.2) is 0 Å². The van der Waals surface area contributed by atoms with Crippen molar-refractivity contribution in [3.8, 4) is 0 Å². The van der Waals surface area contributed by atoms with Crippen molar-refractivity contribution in [1.29, 1.82) is 0 Å². The summed E-state index contributed by atoms with van der Waals surface area (Å²) < 4.78 is 5.45. The average Bonchev–Trinajstić information content (AvgIpc) is 2.40. The number of para-hydroxylation sites is 1. The summed E-state index contributed by atoms with van der Waals surface area (Å²) in [5, 5.41) is 3.46. The monoisotopic (exact) mass is 231 g/mol. The topological polar surface area (TPSA) is 57.7 Å². The van der Waals surface area contributed by atoms with Gasteiger partial charge in [-0.05, 0) is 18.6 Å². The third kappa shape index (κ3) is 2.93. The third-order valence-corrected chi connectivity index (χ3v) is 3.20. The van der Waals surface area contributed by atoms with E-state index in [1.54, 1.807) is 7.11 Å². The van der Waals surface area contributed by atoms with Crippen molar-refractivity contribution in [2.24, 2.45) is 0 Å². The van der Waals surface area contributed by atoms with Gasteiger partial charge in [0.25, 0.3) is 5.71 Å². The molecule has 90 valence electrons. The Morgan fingerprint density at radius 3 is 2.76 bits per heavy atom. The van der Waals surface area contributed by atoms with Gasteiger partial charge >= 0.3 is 0 Å². The Hall–Kier alpha value is -1.64. The lowest BCUT2D eigenvalue weighted by Crippen LogP contribution is -2.41. The predicted octanol–water partition coefficient (Wildman–Crippen LogP) is 2.34. The molecule has 0 spiro atoms. The molecule has 1 fully saturated rings. The highest BCUT2D eigenvalue weighted by Gasteiger charge is 2.31. The Balaban J connectivity index is 2.03. The zero-order valence-corrected chi connectivity index (χ0v) is 9.97. The van der Waals surface area contributed by atoms with Crippen LogP contribution in [0.5, 0.6) is 0 Å². The van der Waals surface area contributed by atoms with Crippen molar-refractivity contribution in [3.63, 3.8) is 0 Å². The molecule has 4 heteroatoms. The van der Waals surface area contributed by atoms with Crippen LogP contribution in [0.15, 0.2) is 30.3 Å². The van der Waals surface area contributed by atoms with Crippen molar-refractivity contribution in [2.75, 3.05) is 12.4 Å². The average molecular weight is 231 g/mol. The molecule has 4 nitrogen and oxygen atoms in total. The van der Waals surface area contributed by atoms with Gasteiger partial charge in [-0.1, -0.05) is 18.2 Å². The van der Waals surface area contributed by atoms with Crippen LogP contribution < -0.4 is 5.32 Å². The Labute approximate surface area is 101 Å². The van der Waals surface area contributed by atoms with Crippen LogP contribution in [-0.2, 0) is 4.74 Å². The zero-order chi connectivity index (χ0) is 12.1. The van der Waals surface area contributed by atoms with Crippen molar-refractivity contribution >= 4 is 11.4 Å². The number of nitrogens with zero attached hydrogens (tertiary/aromatic N) is 2. The van der Waals surface area contributed by atoms with Crippen LogP contribution in [0.1, 0.15) is 19.3 Å². The van der Waals surface area contributed by atoms with E-state index >= 15 is 0 Å². The molecule has 1 saturated carbocycles. The number of methoxy groups -OCH3 is 1. The van der Waals surface area contributed by atoms with E-state index < -0.39 is 0 Å². The Bertz CT molecular complexity index is 412. The van der Waals surface area contributed by atoms with Gasteiger partial charge in [0.15, 0.2) is 0 Å². The van der Waals surface area contributed by atoms with E-state index in [2.05, 4.69) is 10.1 Å². The molecule has 2 atom stereocenters. The fourth-order valence-corrected chi connectivity index (χ4v) is 2.24. The second kappa shape index (κ2) is 5.62. The molecule has 0 heterocycles. The summed E-state index contributed by atoms with van der Waals surface area (Å²) in [7, 11) is 1.70. The fourth-order valence-electron chi connectivity index (χ4n) is 2.24. The Morgan fingerprint density at radius 2 is 2.12 bits per heavy atom. The molecule has 0 radical (unpaired) electrons. The molecule has 1 aliphatic rings. The van der Waals surface area contributed by atoms with Gasteiger partial charge in [-0.15, -0.1) is 0 Å². The van der Waals surface area contributed by atoms with Gasteiger partial charge in [0.05, 0.1) is 18.6 Å². The lowest BCUT2D eigenvalue weighted by atomic mass is 9.90. The SMILES string of the molecule is COC1CC(=[N+]=[N-])CCC1Nc1ccccc1. The quantitative estimate of drug-likeness (QED) is 0.641. The van der Waals surface area contributed by atoms with E-state index in [9.17, 15) is 0 Å². The predicted molar refractivity (Wildman–Crippen MR) is 67.1 cm³/mol. The lowest BCUT2D eigenvalue weighted by Gasteiger charge is -2.29. The highest BCUT2D eigenvalue weighted by Crippen LogP contribution is 2.22. The largest absolute Gasteiger partial charge is 0.380 e. The number of rotatable bonds is 3. The minimum atomic E-state index is 0.0647. The fraction of sp³-hybridized carbons (Fsp3) is 0.462. The first-order valence-electron chi connectivity index (χ1n) is 5.87. The first-order valence-corrected chi connectivity index (χ1v) is 5.87. The number of ether oxygens (including phenoxy) is 1. The van der Waals surface area contributed by atoms with E-state index in [0.717, 1.165) is 24.2 Å². The first kappa shape index (κ1) is 11.8. The molecule has 1 N–H and O–H groups in total. The molecular formula is C13H17N3O. The molecule has 17 heavy (non-hydrogen) atoms. The molecule has 0 aliphatic heterocycles. The Morgan fingerprint density at radius 1 is 1.35 bits per heavy atom. The van der Waals surface area contributed by atoms with Crippen molar-refractivity contribution in [2.45, 2.75) is 31.4 Å². The maximum absolute atomic E-state index is 8.79. The molecule has 0 saturated heterocycles. The number of benzene rings is 1. The maximum Gasteiger partial charge on any atom is 0.271 e. The number of hydrogen-bond donors (Lipinski definition) is 1. The van der Waals surface area contributed by atoms with Crippen molar-refractivity contribution < 1.29 is 9.53 Å². The van der Waals surface area contributed by atoms with Gasteiger partial charge in [0.1, 0.15) is 0 Å². The summed E-state index contributed by atoms with van der Waals surface area (Å²) in [6, 6.07) is 10.4. The van der Waals surface area contributed by atoms with Crippen LogP contribution in [0.2, 0.25) is 0 Å². The normalized spacial score (nSPS) is 24.2. The molecule has 1 aromatic carbocycles. The van der Waals surface area contributed by atoms with Gasteiger partial charge < -0.3 is 15.6 Å². The number of hydrogen-bond acceptors (Lipinski definition) is 2. The summed E-state index contributed by atoms with van der Waals surface area (Å²) in [4.78, 5) is 3.30. The third-order valence-electron chi connectivity index (χ3n) is 3.20. The smallest absolute Gasteiger partial charge is 0.271 e. The summed E-state index contributed by atoms with van der Waals surface area (Å²) >= 11 is 0. The van der Waals surface area contributed by atoms with E-state index in [1.807, 2.05) is 30.3 Å². The van der Waals surface area contributed by atoms with E-state index in [0.29, 0.717) is 6.42 Å². The standard InChI is InChI=1S/C13H17N3O/c1-17-13-9-11(16-14)7-8-12(13)15-10-5-3-2-4-6-10/h2-6,12-13,15H,7-9H2,1H3. The molecular weight excluding hydrogens is 214 g/mol. The van der Waals surface area contributed by atoms with Crippen LogP contribution in [-0.4, -0.2) is 29.8 Å². The number of anilines is 1. The first-order chi connectivity index (χ1) is 8.33. The second-order valence-electron chi connectivity index (χ2n) is 4.30. The van der Waals surface area contributed by atoms with E-state index in [-0.39, 0.29) is 12.1 Å². The number of nitrogens with one attached hydrogen (secondary N) is 1. The lowest BCUT2D eigenvalue weighted by molar-refractivity contribution is -0.0233. The minimum absolute atomic E-state index is 0.0647. The molecule has 0 bridgehead atoms. The van der Waals surface area contributed by atoms with E-state index in [1.165, 1.54) is 0 Å².